The molecule has 0 fully saturated rings. The molecule has 2 bridgehead atoms. The number of allylic oxidation sites excluding steroid dienone is 4. The molecule has 0 radical (unpaired) electrons. The van der Waals surface area contributed by atoms with Gasteiger partial charge in [0.15, 0.2) is 0 Å². The highest BCUT2D eigenvalue weighted by molar-refractivity contribution is 5.31. The van der Waals surface area contributed by atoms with E-state index in [1.165, 1.54) is 25.7 Å². The lowest BCUT2D eigenvalue weighted by atomic mass is 9.71. The van der Waals surface area contributed by atoms with Gasteiger partial charge in [-0.05, 0) is 37.5 Å². The van der Waals surface area contributed by atoms with E-state index in [9.17, 15) is 0 Å². The smallest absolute Gasteiger partial charge is 0.00200 e. The summed E-state index contributed by atoms with van der Waals surface area (Å²) in [4.78, 5) is 0. The Morgan fingerprint density at radius 1 is 1.00 bits per heavy atom. The maximum Gasteiger partial charge on any atom is -0.00200 e. The first kappa shape index (κ1) is 8.10. The van der Waals surface area contributed by atoms with Crippen molar-refractivity contribution in [3.05, 3.63) is 23.3 Å². The van der Waals surface area contributed by atoms with E-state index in [1.807, 2.05) is 0 Å². The summed E-state index contributed by atoms with van der Waals surface area (Å²) >= 11 is 0. The number of rotatable bonds is 2. The molecule has 2 atom stereocenters. The normalized spacial score (nSPS) is 33.2. The van der Waals surface area contributed by atoms with Crippen molar-refractivity contribution in [2.45, 2.75) is 39.5 Å². The zero-order valence-electron chi connectivity index (χ0n) is 8.14. The van der Waals surface area contributed by atoms with Crippen LogP contribution in [0.1, 0.15) is 39.5 Å². The lowest BCUT2D eigenvalue weighted by Gasteiger charge is -2.34. The van der Waals surface area contributed by atoms with Crippen molar-refractivity contribution in [2.24, 2.45) is 11.8 Å². The summed E-state index contributed by atoms with van der Waals surface area (Å²) < 4.78 is 0. The van der Waals surface area contributed by atoms with Crippen LogP contribution >= 0.6 is 0 Å². The molecule has 12 heavy (non-hydrogen) atoms. The Morgan fingerprint density at radius 3 is 1.67 bits per heavy atom. The van der Waals surface area contributed by atoms with Crippen LogP contribution in [0.25, 0.3) is 0 Å². The van der Waals surface area contributed by atoms with Gasteiger partial charge in [0.1, 0.15) is 0 Å². The largest absolute Gasteiger partial charge is 0.0776 e. The molecule has 3 aliphatic rings. The summed E-state index contributed by atoms with van der Waals surface area (Å²) in [7, 11) is 0. The van der Waals surface area contributed by atoms with Crippen LogP contribution in [-0.2, 0) is 0 Å². The SMILES string of the molecule is CCC1=CC2CCC1C=C2CC. The molecule has 0 saturated carbocycles. The third-order valence-corrected chi connectivity index (χ3v) is 3.39. The van der Waals surface area contributed by atoms with Crippen molar-refractivity contribution in [1.82, 2.24) is 0 Å². The number of fused-ring (bicyclic) bond motifs is 1. The fourth-order valence-corrected chi connectivity index (χ4v) is 2.63. The van der Waals surface area contributed by atoms with E-state index in [0.717, 1.165) is 11.8 Å². The Bertz CT molecular complexity index is 206. The molecule has 3 rings (SSSR count). The van der Waals surface area contributed by atoms with Gasteiger partial charge in [-0.2, -0.15) is 0 Å². The lowest BCUT2D eigenvalue weighted by Crippen LogP contribution is -2.20. The molecular weight excluding hydrogens is 144 g/mol. The molecule has 0 heterocycles. The summed E-state index contributed by atoms with van der Waals surface area (Å²) in [6, 6.07) is 0. The highest BCUT2D eigenvalue weighted by Gasteiger charge is 2.27. The van der Waals surface area contributed by atoms with E-state index in [0.29, 0.717) is 0 Å². The van der Waals surface area contributed by atoms with Crippen LogP contribution in [0.3, 0.4) is 0 Å². The van der Waals surface area contributed by atoms with Gasteiger partial charge in [-0.25, -0.2) is 0 Å². The van der Waals surface area contributed by atoms with Crippen molar-refractivity contribution in [3.8, 4) is 0 Å². The topological polar surface area (TPSA) is 0 Å². The van der Waals surface area contributed by atoms with Crippen molar-refractivity contribution >= 4 is 0 Å². The van der Waals surface area contributed by atoms with Gasteiger partial charge >= 0.3 is 0 Å². The zero-order chi connectivity index (χ0) is 8.55. The standard InChI is InChI=1S/C12H18/c1-3-9-7-12-6-5-11(9)8-10(12)4-2/h7-8,11-12H,3-6H2,1-2H3. The molecular formula is C12H18. The molecule has 0 heteroatoms. The second-order valence-electron chi connectivity index (χ2n) is 3.98. The highest BCUT2D eigenvalue weighted by atomic mass is 14.3. The molecule has 0 nitrogen and oxygen atoms in total. The van der Waals surface area contributed by atoms with Gasteiger partial charge in [0.05, 0.1) is 0 Å². The van der Waals surface area contributed by atoms with Gasteiger partial charge in [-0.1, -0.05) is 37.1 Å². The van der Waals surface area contributed by atoms with Crippen molar-refractivity contribution in [2.75, 3.05) is 0 Å². The second-order valence-corrected chi connectivity index (χ2v) is 3.98. The van der Waals surface area contributed by atoms with Gasteiger partial charge < -0.3 is 0 Å². The van der Waals surface area contributed by atoms with Gasteiger partial charge in [0.25, 0.3) is 0 Å². The van der Waals surface area contributed by atoms with Crippen LogP contribution in [0, 0.1) is 11.8 Å². The summed E-state index contributed by atoms with van der Waals surface area (Å²) in [5, 5.41) is 0. The van der Waals surface area contributed by atoms with Gasteiger partial charge in [0.2, 0.25) is 0 Å². The van der Waals surface area contributed by atoms with E-state index in [1.54, 1.807) is 11.1 Å². The number of hydrogen-bond acceptors (Lipinski definition) is 0. The molecule has 3 aliphatic carbocycles. The molecule has 66 valence electrons. The van der Waals surface area contributed by atoms with Gasteiger partial charge in [-0.3, -0.25) is 0 Å². The van der Waals surface area contributed by atoms with Crippen LogP contribution in [-0.4, -0.2) is 0 Å². The fraction of sp³-hybridized carbons (Fsp3) is 0.667. The molecule has 0 saturated heterocycles. The lowest BCUT2D eigenvalue weighted by molar-refractivity contribution is 0.466. The third kappa shape index (κ3) is 1.14. The van der Waals surface area contributed by atoms with Crippen LogP contribution in [0.4, 0.5) is 0 Å². The molecule has 0 amide bonds. The predicted molar refractivity (Wildman–Crippen MR) is 53.0 cm³/mol. The average molecular weight is 162 g/mol. The Hall–Kier alpha value is -0.520. The molecule has 2 unspecified atom stereocenters. The summed E-state index contributed by atoms with van der Waals surface area (Å²) in [5.74, 6) is 1.63. The van der Waals surface area contributed by atoms with Crippen LogP contribution < -0.4 is 0 Å². The predicted octanol–water partition coefficient (Wildman–Crippen LogP) is 3.70. The van der Waals surface area contributed by atoms with E-state index < -0.39 is 0 Å². The Balaban J connectivity index is 2.23. The molecule has 0 aromatic heterocycles. The molecule has 0 spiro atoms. The first-order valence-corrected chi connectivity index (χ1v) is 5.26. The van der Waals surface area contributed by atoms with Gasteiger partial charge in [-0.15, -0.1) is 0 Å². The summed E-state index contributed by atoms with van der Waals surface area (Å²) in [6.45, 7) is 4.57. The van der Waals surface area contributed by atoms with Crippen molar-refractivity contribution < 1.29 is 0 Å². The number of hydrogen-bond donors (Lipinski definition) is 0. The maximum absolute atomic E-state index is 2.53. The first-order valence-electron chi connectivity index (χ1n) is 5.26. The minimum absolute atomic E-state index is 0.815. The monoisotopic (exact) mass is 162 g/mol. The molecule has 0 N–H and O–H groups in total. The third-order valence-electron chi connectivity index (χ3n) is 3.39. The van der Waals surface area contributed by atoms with Crippen LogP contribution in [0.15, 0.2) is 23.3 Å². The van der Waals surface area contributed by atoms with Crippen LogP contribution in [0.5, 0.6) is 0 Å². The van der Waals surface area contributed by atoms with E-state index >= 15 is 0 Å². The molecule has 0 aliphatic heterocycles. The minimum atomic E-state index is 0.815. The maximum atomic E-state index is 2.53. The van der Waals surface area contributed by atoms with Crippen LogP contribution in [0.2, 0.25) is 0 Å². The summed E-state index contributed by atoms with van der Waals surface area (Å²) in [6.07, 6.45) is 10.4. The Kier molecular flexibility index (Phi) is 2.08. The molecule has 0 aromatic rings. The minimum Gasteiger partial charge on any atom is -0.0776 e. The average Bonchev–Trinajstić information content (AvgIpc) is 2.18. The summed E-state index contributed by atoms with van der Waals surface area (Å²) in [5.41, 5.74) is 3.40. The highest BCUT2D eigenvalue weighted by Crippen LogP contribution is 2.41. The first-order chi connectivity index (χ1) is 5.85. The van der Waals surface area contributed by atoms with E-state index in [-0.39, 0.29) is 0 Å². The fourth-order valence-electron chi connectivity index (χ4n) is 2.63. The Morgan fingerprint density at radius 2 is 1.42 bits per heavy atom. The van der Waals surface area contributed by atoms with Crippen molar-refractivity contribution in [3.63, 3.8) is 0 Å². The van der Waals surface area contributed by atoms with E-state index in [4.69, 9.17) is 0 Å². The zero-order valence-corrected chi connectivity index (χ0v) is 8.14. The second kappa shape index (κ2) is 3.08. The molecule has 0 aromatic carbocycles. The van der Waals surface area contributed by atoms with Crippen molar-refractivity contribution in [1.29, 1.82) is 0 Å². The van der Waals surface area contributed by atoms with Gasteiger partial charge in [0, 0.05) is 0 Å². The van der Waals surface area contributed by atoms with E-state index in [2.05, 4.69) is 26.0 Å². The Labute approximate surface area is 75.4 Å². The quantitative estimate of drug-likeness (QED) is 0.543.